The van der Waals surface area contributed by atoms with Gasteiger partial charge in [-0.2, -0.15) is 0 Å². The first kappa shape index (κ1) is 18.4. The molecule has 138 valence electrons. The highest BCUT2D eigenvalue weighted by Crippen LogP contribution is 2.30. The molecule has 1 saturated heterocycles. The van der Waals surface area contributed by atoms with Crippen molar-refractivity contribution in [1.29, 1.82) is 0 Å². The van der Waals surface area contributed by atoms with Gasteiger partial charge < -0.3 is 19.9 Å². The van der Waals surface area contributed by atoms with Crippen LogP contribution in [-0.2, 0) is 16.0 Å². The molecule has 2 aromatic rings. The predicted molar refractivity (Wildman–Crippen MR) is 100.0 cm³/mol. The van der Waals surface area contributed by atoms with Crippen LogP contribution in [-0.4, -0.2) is 36.6 Å². The monoisotopic (exact) mass is 355 g/mol. The molecule has 1 amide bonds. The first-order chi connectivity index (χ1) is 12.5. The van der Waals surface area contributed by atoms with Gasteiger partial charge in [0.2, 0.25) is 12.2 Å². The zero-order chi connectivity index (χ0) is 18.5. The molecular weight excluding hydrogens is 330 g/mol. The van der Waals surface area contributed by atoms with Crippen molar-refractivity contribution >= 4 is 5.91 Å². The van der Waals surface area contributed by atoms with Crippen molar-refractivity contribution in [1.82, 2.24) is 5.32 Å². The summed E-state index contributed by atoms with van der Waals surface area (Å²) < 4.78 is 11.3. The van der Waals surface area contributed by atoms with Gasteiger partial charge in [0.25, 0.3) is 0 Å². The molecule has 3 rings (SSSR count). The molecule has 26 heavy (non-hydrogen) atoms. The molecule has 0 aliphatic carbocycles. The van der Waals surface area contributed by atoms with Gasteiger partial charge in [-0.25, -0.2) is 0 Å². The second-order valence-electron chi connectivity index (χ2n) is 6.63. The van der Waals surface area contributed by atoms with Crippen LogP contribution in [0.1, 0.15) is 24.5 Å². The first-order valence-corrected chi connectivity index (χ1v) is 8.93. The number of benzene rings is 2. The highest BCUT2D eigenvalue weighted by molar-refractivity contribution is 5.73. The third-order valence-electron chi connectivity index (χ3n) is 4.44. The molecule has 0 radical (unpaired) electrons. The number of aryl methyl sites for hydroxylation is 1. The van der Waals surface area contributed by atoms with Gasteiger partial charge in [0.1, 0.15) is 11.9 Å². The SMILES string of the molecule is CC(=O)NCCc1ccc(OC2OCCC2O)cc1-c1cccc(C)c1. The minimum Gasteiger partial charge on any atom is -0.462 e. The molecule has 5 nitrogen and oxygen atoms in total. The number of hydrogen-bond donors (Lipinski definition) is 2. The Morgan fingerprint density at radius 1 is 1.31 bits per heavy atom. The number of ether oxygens (including phenoxy) is 2. The summed E-state index contributed by atoms with van der Waals surface area (Å²) in [5, 5.41) is 12.7. The summed E-state index contributed by atoms with van der Waals surface area (Å²) in [7, 11) is 0. The van der Waals surface area contributed by atoms with E-state index in [0.717, 1.165) is 23.1 Å². The normalized spacial score (nSPS) is 19.3. The Bertz CT molecular complexity index is 774. The van der Waals surface area contributed by atoms with Crippen LogP contribution in [0.15, 0.2) is 42.5 Å². The number of carbonyl (C=O) groups excluding carboxylic acids is 1. The molecule has 2 aromatic carbocycles. The van der Waals surface area contributed by atoms with Crippen LogP contribution in [0, 0.1) is 6.92 Å². The number of carbonyl (C=O) groups is 1. The van der Waals surface area contributed by atoms with Crippen molar-refractivity contribution in [3.8, 4) is 16.9 Å². The van der Waals surface area contributed by atoms with Crippen LogP contribution < -0.4 is 10.1 Å². The van der Waals surface area contributed by atoms with Crippen molar-refractivity contribution < 1.29 is 19.4 Å². The lowest BCUT2D eigenvalue weighted by molar-refractivity contribution is -0.118. The molecule has 2 unspecified atom stereocenters. The smallest absolute Gasteiger partial charge is 0.226 e. The van der Waals surface area contributed by atoms with Crippen LogP contribution in [0.2, 0.25) is 0 Å². The van der Waals surface area contributed by atoms with Crippen molar-refractivity contribution in [2.45, 2.75) is 39.1 Å². The molecule has 0 aromatic heterocycles. The largest absolute Gasteiger partial charge is 0.462 e. The Morgan fingerprint density at radius 2 is 2.15 bits per heavy atom. The molecule has 0 bridgehead atoms. The van der Waals surface area contributed by atoms with Gasteiger partial charge in [-0.05, 0) is 42.2 Å². The van der Waals surface area contributed by atoms with Gasteiger partial charge >= 0.3 is 0 Å². The van der Waals surface area contributed by atoms with E-state index in [1.165, 1.54) is 12.5 Å². The number of rotatable bonds is 6. The number of amides is 1. The van der Waals surface area contributed by atoms with Crippen LogP contribution in [0.25, 0.3) is 11.1 Å². The van der Waals surface area contributed by atoms with Gasteiger partial charge in [0.15, 0.2) is 0 Å². The summed E-state index contributed by atoms with van der Waals surface area (Å²) in [6.07, 6.45) is 0.0954. The Kier molecular flexibility index (Phi) is 5.91. The van der Waals surface area contributed by atoms with E-state index in [1.54, 1.807) is 0 Å². The third kappa shape index (κ3) is 4.62. The fraction of sp³-hybridized carbons (Fsp3) is 0.381. The van der Waals surface area contributed by atoms with Gasteiger partial charge in [-0.15, -0.1) is 0 Å². The number of aliphatic hydroxyl groups is 1. The fourth-order valence-electron chi connectivity index (χ4n) is 3.10. The van der Waals surface area contributed by atoms with Crippen molar-refractivity contribution in [2.24, 2.45) is 0 Å². The molecule has 2 atom stereocenters. The molecule has 1 heterocycles. The zero-order valence-corrected chi connectivity index (χ0v) is 15.2. The van der Waals surface area contributed by atoms with Gasteiger partial charge in [0, 0.05) is 19.9 Å². The molecule has 1 fully saturated rings. The molecule has 2 N–H and O–H groups in total. The Balaban J connectivity index is 1.87. The molecular formula is C21H25NO4. The summed E-state index contributed by atoms with van der Waals surface area (Å²) in [5.74, 6) is 0.630. The number of hydrogen-bond acceptors (Lipinski definition) is 4. The van der Waals surface area contributed by atoms with Gasteiger partial charge in [-0.3, -0.25) is 4.79 Å². The molecule has 1 aliphatic rings. The topological polar surface area (TPSA) is 67.8 Å². The van der Waals surface area contributed by atoms with E-state index in [2.05, 4.69) is 30.4 Å². The van der Waals surface area contributed by atoms with Crippen LogP contribution in [0.4, 0.5) is 0 Å². The highest BCUT2D eigenvalue weighted by atomic mass is 16.7. The molecule has 0 saturated carbocycles. The Hall–Kier alpha value is -2.37. The first-order valence-electron chi connectivity index (χ1n) is 8.93. The van der Waals surface area contributed by atoms with Gasteiger partial charge in [0.05, 0.1) is 6.61 Å². The van der Waals surface area contributed by atoms with E-state index >= 15 is 0 Å². The molecule has 0 spiro atoms. The summed E-state index contributed by atoms with van der Waals surface area (Å²) in [5.41, 5.74) is 4.46. The van der Waals surface area contributed by atoms with Crippen LogP contribution >= 0.6 is 0 Å². The zero-order valence-electron chi connectivity index (χ0n) is 15.2. The van der Waals surface area contributed by atoms with Gasteiger partial charge in [-0.1, -0.05) is 35.9 Å². The van der Waals surface area contributed by atoms with E-state index in [0.29, 0.717) is 25.3 Å². The standard InChI is InChI=1S/C21H25NO4/c1-14-4-3-5-17(12-14)19-13-18(26-21-20(24)9-11-25-21)7-6-16(19)8-10-22-15(2)23/h3-7,12-13,20-21,24H,8-11H2,1-2H3,(H,22,23). The summed E-state index contributed by atoms with van der Waals surface area (Å²) in [6, 6.07) is 14.2. The lowest BCUT2D eigenvalue weighted by atomic mass is 9.96. The van der Waals surface area contributed by atoms with Crippen molar-refractivity contribution in [3.05, 3.63) is 53.6 Å². The minimum atomic E-state index is -0.620. The second kappa shape index (κ2) is 8.34. The van der Waals surface area contributed by atoms with Crippen LogP contribution in [0.5, 0.6) is 5.75 Å². The molecule has 5 heteroatoms. The summed E-state index contributed by atoms with van der Waals surface area (Å²) in [4.78, 5) is 11.1. The second-order valence-corrected chi connectivity index (χ2v) is 6.63. The fourth-order valence-corrected chi connectivity index (χ4v) is 3.10. The lowest BCUT2D eigenvalue weighted by Gasteiger charge is -2.18. The molecule has 1 aliphatic heterocycles. The van der Waals surface area contributed by atoms with E-state index in [4.69, 9.17) is 9.47 Å². The Labute approximate surface area is 153 Å². The van der Waals surface area contributed by atoms with E-state index in [1.807, 2.05) is 24.3 Å². The predicted octanol–water partition coefficient (Wildman–Crippen LogP) is 2.83. The van der Waals surface area contributed by atoms with E-state index in [9.17, 15) is 9.90 Å². The average Bonchev–Trinajstić information content (AvgIpc) is 3.00. The summed E-state index contributed by atoms with van der Waals surface area (Å²) >= 11 is 0. The third-order valence-corrected chi connectivity index (χ3v) is 4.44. The van der Waals surface area contributed by atoms with Crippen LogP contribution in [0.3, 0.4) is 0 Å². The maximum Gasteiger partial charge on any atom is 0.226 e. The number of aliphatic hydroxyl groups excluding tert-OH is 1. The van der Waals surface area contributed by atoms with Crippen molar-refractivity contribution in [2.75, 3.05) is 13.2 Å². The maximum absolute atomic E-state index is 11.1. The summed E-state index contributed by atoms with van der Waals surface area (Å²) in [6.45, 7) is 4.67. The number of nitrogens with one attached hydrogen (secondary N) is 1. The maximum atomic E-state index is 11.1. The van der Waals surface area contributed by atoms with E-state index < -0.39 is 12.4 Å². The highest BCUT2D eigenvalue weighted by Gasteiger charge is 2.28. The average molecular weight is 355 g/mol. The van der Waals surface area contributed by atoms with Crippen molar-refractivity contribution in [3.63, 3.8) is 0 Å². The quantitative estimate of drug-likeness (QED) is 0.836. The Morgan fingerprint density at radius 3 is 2.85 bits per heavy atom. The lowest BCUT2D eigenvalue weighted by Crippen LogP contribution is -2.27. The minimum absolute atomic E-state index is 0.0329. The van der Waals surface area contributed by atoms with E-state index in [-0.39, 0.29) is 5.91 Å².